The molecule has 0 bridgehead atoms. The van der Waals surface area contributed by atoms with Crippen molar-refractivity contribution >= 4 is 5.91 Å². The number of hydrogen-bond acceptors (Lipinski definition) is 3. The highest BCUT2D eigenvalue weighted by Crippen LogP contribution is 1.88. The highest BCUT2D eigenvalue weighted by molar-refractivity contribution is 5.86. The Balaban J connectivity index is 2.99. The van der Waals surface area contributed by atoms with E-state index in [2.05, 4.69) is 11.9 Å². The van der Waals surface area contributed by atoms with E-state index in [4.69, 9.17) is 9.47 Å². The first-order valence-electron chi connectivity index (χ1n) is 4.78. The van der Waals surface area contributed by atoms with Gasteiger partial charge in [-0.05, 0) is 18.9 Å². The number of carbonyl (C=O) groups is 1. The molecule has 82 valence electrons. The molecule has 0 radical (unpaired) electrons. The third-order valence-corrected chi connectivity index (χ3v) is 1.63. The van der Waals surface area contributed by atoms with Crippen LogP contribution in [0.15, 0.2) is 12.7 Å². The highest BCUT2D eigenvalue weighted by Gasteiger charge is 1.93. The summed E-state index contributed by atoms with van der Waals surface area (Å²) in [6, 6.07) is 0. The van der Waals surface area contributed by atoms with Crippen LogP contribution in [0.1, 0.15) is 12.8 Å². The summed E-state index contributed by atoms with van der Waals surface area (Å²) in [6.45, 7) is 6.02. The van der Waals surface area contributed by atoms with E-state index in [0.29, 0.717) is 26.4 Å². The third kappa shape index (κ3) is 9.22. The first-order chi connectivity index (χ1) is 6.81. The number of unbranched alkanes of at least 4 members (excludes halogenated alkanes) is 1. The predicted molar refractivity (Wildman–Crippen MR) is 55.1 cm³/mol. The van der Waals surface area contributed by atoms with Gasteiger partial charge in [0.1, 0.15) is 0 Å². The molecule has 0 rings (SSSR count). The number of methoxy groups -OCH3 is 1. The van der Waals surface area contributed by atoms with Crippen molar-refractivity contribution in [2.75, 3.05) is 33.5 Å². The number of carbonyl (C=O) groups excluding carboxylic acids is 1. The molecule has 4 nitrogen and oxygen atoms in total. The minimum Gasteiger partial charge on any atom is -0.382 e. The number of nitrogens with one attached hydrogen (secondary N) is 1. The zero-order chi connectivity index (χ0) is 10.6. The molecule has 14 heavy (non-hydrogen) atoms. The van der Waals surface area contributed by atoms with Crippen molar-refractivity contribution in [2.24, 2.45) is 0 Å². The van der Waals surface area contributed by atoms with Gasteiger partial charge in [0.25, 0.3) is 0 Å². The lowest BCUT2D eigenvalue weighted by Gasteiger charge is -2.03. The molecule has 0 aromatic heterocycles. The molecular formula is C10H19NO3. The molecule has 0 aliphatic heterocycles. The summed E-state index contributed by atoms with van der Waals surface area (Å²) in [7, 11) is 1.65. The molecule has 1 N–H and O–H groups in total. The van der Waals surface area contributed by atoms with E-state index in [1.807, 2.05) is 0 Å². The van der Waals surface area contributed by atoms with Gasteiger partial charge < -0.3 is 14.8 Å². The normalized spacial score (nSPS) is 9.79. The van der Waals surface area contributed by atoms with Crippen LogP contribution in [-0.2, 0) is 14.3 Å². The number of ether oxygens (including phenoxy) is 2. The maximum absolute atomic E-state index is 10.7. The Morgan fingerprint density at radius 3 is 2.79 bits per heavy atom. The minimum absolute atomic E-state index is 0.120. The Morgan fingerprint density at radius 1 is 1.36 bits per heavy atom. The Bertz CT molecular complexity index is 159. The second-order valence-corrected chi connectivity index (χ2v) is 2.81. The second kappa shape index (κ2) is 10.2. The largest absolute Gasteiger partial charge is 0.382 e. The molecule has 0 aliphatic carbocycles. The summed E-state index contributed by atoms with van der Waals surface area (Å²) >= 11 is 0. The molecule has 0 aromatic carbocycles. The lowest BCUT2D eigenvalue weighted by molar-refractivity contribution is -0.116. The van der Waals surface area contributed by atoms with E-state index in [-0.39, 0.29) is 5.91 Å². The summed E-state index contributed by atoms with van der Waals surface area (Å²) in [5, 5.41) is 2.70. The lowest BCUT2D eigenvalue weighted by atomic mass is 10.3. The van der Waals surface area contributed by atoms with Crippen molar-refractivity contribution in [3.8, 4) is 0 Å². The molecule has 0 unspecified atom stereocenters. The summed E-state index contributed by atoms with van der Waals surface area (Å²) in [5.74, 6) is -0.120. The van der Waals surface area contributed by atoms with Gasteiger partial charge in [-0.15, -0.1) is 0 Å². The molecule has 0 spiro atoms. The van der Waals surface area contributed by atoms with Crippen molar-refractivity contribution < 1.29 is 14.3 Å². The van der Waals surface area contributed by atoms with Crippen LogP contribution in [0.25, 0.3) is 0 Å². The molecule has 0 saturated carbocycles. The molecule has 1 amide bonds. The molecule has 0 fully saturated rings. The Labute approximate surface area is 85.3 Å². The van der Waals surface area contributed by atoms with E-state index in [0.717, 1.165) is 12.8 Å². The topological polar surface area (TPSA) is 47.6 Å². The maximum atomic E-state index is 10.7. The van der Waals surface area contributed by atoms with Gasteiger partial charge in [-0.3, -0.25) is 4.79 Å². The Kier molecular flexibility index (Phi) is 9.58. The fourth-order valence-electron chi connectivity index (χ4n) is 0.857. The second-order valence-electron chi connectivity index (χ2n) is 2.81. The summed E-state index contributed by atoms with van der Waals surface area (Å²) in [4.78, 5) is 10.7. The molecule has 0 aromatic rings. The van der Waals surface area contributed by atoms with Crippen LogP contribution in [-0.4, -0.2) is 39.4 Å². The average molecular weight is 201 g/mol. The van der Waals surface area contributed by atoms with Gasteiger partial charge in [0.2, 0.25) is 5.91 Å². The lowest BCUT2D eigenvalue weighted by Crippen LogP contribution is -2.22. The van der Waals surface area contributed by atoms with Gasteiger partial charge in [-0.1, -0.05) is 6.58 Å². The van der Waals surface area contributed by atoms with Crippen molar-refractivity contribution in [2.45, 2.75) is 12.8 Å². The van der Waals surface area contributed by atoms with Crippen molar-refractivity contribution in [1.29, 1.82) is 0 Å². The van der Waals surface area contributed by atoms with E-state index >= 15 is 0 Å². The van der Waals surface area contributed by atoms with Gasteiger partial charge >= 0.3 is 0 Å². The van der Waals surface area contributed by atoms with Crippen LogP contribution in [0, 0.1) is 0 Å². The standard InChI is InChI=1S/C10H19NO3/c1-3-10(12)11-6-4-5-7-14-9-8-13-2/h3H,1,4-9H2,2H3,(H,11,12). The van der Waals surface area contributed by atoms with Gasteiger partial charge in [0.05, 0.1) is 13.2 Å². The van der Waals surface area contributed by atoms with Gasteiger partial charge in [0, 0.05) is 20.3 Å². The SMILES string of the molecule is C=CC(=O)NCCCCOCCOC. The quantitative estimate of drug-likeness (QED) is 0.442. The molecular weight excluding hydrogens is 182 g/mol. The van der Waals surface area contributed by atoms with Crippen LogP contribution in [0.4, 0.5) is 0 Å². The van der Waals surface area contributed by atoms with E-state index < -0.39 is 0 Å². The molecule has 0 atom stereocenters. The van der Waals surface area contributed by atoms with Gasteiger partial charge in [-0.25, -0.2) is 0 Å². The molecule has 0 aliphatic rings. The van der Waals surface area contributed by atoms with Gasteiger partial charge in [0.15, 0.2) is 0 Å². The predicted octanol–water partition coefficient (Wildman–Crippen LogP) is 0.732. The number of rotatable bonds is 9. The highest BCUT2D eigenvalue weighted by atomic mass is 16.5. The van der Waals surface area contributed by atoms with Crippen LogP contribution >= 0.6 is 0 Å². The number of amides is 1. The third-order valence-electron chi connectivity index (χ3n) is 1.63. The molecule has 0 heterocycles. The zero-order valence-corrected chi connectivity index (χ0v) is 8.75. The van der Waals surface area contributed by atoms with Gasteiger partial charge in [-0.2, -0.15) is 0 Å². The van der Waals surface area contributed by atoms with E-state index in [1.165, 1.54) is 6.08 Å². The fourth-order valence-corrected chi connectivity index (χ4v) is 0.857. The van der Waals surface area contributed by atoms with Crippen LogP contribution in [0.3, 0.4) is 0 Å². The first kappa shape index (κ1) is 13.1. The van der Waals surface area contributed by atoms with Crippen LogP contribution in [0.5, 0.6) is 0 Å². The summed E-state index contributed by atoms with van der Waals surface area (Å²) in [5.41, 5.74) is 0. The maximum Gasteiger partial charge on any atom is 0.243 e. The number of hydrogen-bond donors (Lipinski definition) is 1. The van der Waals surface area contributed by atoms with Crippen molar-refractivity contribution in [1.82, 2.24) is 5.32 Å². The molecule has 4 heteroatoms. The zero-order valence-electron chi connectivity index (χ0n) is 8.75. The fraction of sp³-hybridized carbons (Fsp3) is 0.700. The van der Waals surface area contributed by atoms with Crippen molar-refractivity contribution in [3.05, 3.63) is 12.7 Å². The Morgan fingerprint density at radius 2 is 2.14 bits per heavy atom. The Hall–Kier alpha value is -0.870. The van der Waals surface area contributed by atoms with Crippen LogP contribution in [0.2, 0.25) is 0 Å². The monoisotopic (exact) mass is 201 g/mol. The summed E-state index contributed by atoms with van der Waals surface area (Å²) < 4.78 is 10.1. The smallest absolute Gasteiger partial charge is 0.243 e. The van der Waals surface area contributed by atoms with E-state index in [1.54, 1.807) is 7.11 Å². The van der Waals surface area contributed by atoms with E-state index in [9.17, 15) is 4.79 Å². The van der Waals surface area contributed by atoms with Crippen LogP contribution < -0.4 is 5.32 Å². The minimum atomic E-state index is -0.120. The first-order valence-corrected chi connectivity index (χ1v) is 4.78. The van der Waals surface area contributed by atoms with Crippen molar-refractivity contribution in [3.63, 3.8) is 0 Å². The summed E-state index contributed by atoms with van der Waals surface area (Å²) in [6.07, 6.45) is 3.14. The molecule has 0 saturated heterocycles. The average Bonchev–Trinajstić information content (AvgIpc) is 2.21.